The van der Waals surface area contributed by atoms with Crippen molar-refractivity contribution < 1.29 is 13.6 Å². The molecule has 0 spiro atoms. The molecule has 1 aliphatic heterocycles. The lowest BCUT2D eigenvalue weighted by Crippen LogP contribution is -2.45. The number of alkyl halides is 2. The highest BCUT2D eigenvalue weighted by atomic mass is 32.2. The summed E-state index contributed by atoms with van der Waals surface area (Å²) in [5.41, 5.74) is 2.38. The van der Waals surface area contributed by atoms with Crippen LogP contribution in [0.2, 0.25) is 0 Å². The van der Waals surface area contributed by atoms with Gasteiger partial charge in [-0.1, -0.05) is 31.2 Å². The lowest BCUT2D eigenvalue weighted by atomic mass is 10.1. The number of hydrogen-bond acceptors (Lipinski definition) is 5. The molecule has 0 saturated carbocycles. The van der Waals surface area contributed by atoms with Crippen LogP contribution in [-0.2, 0) is 13.1 Å². The molecule has 2 heterocycles. The number of carbonyl (C=O) groups is 1. The van der Waals surface area contributed by atoms with Gasteiger partial charge in [0.05, 0.1) is 5.56 Å². The molecule has 29 heavy (non-hydrogen) atoms. The summed E-state index contributed by atoms with van der Waals surface area (Å²) in [6, 6.07) is 11.1. The van der Waals surface area contributed by atoms with Gasteiger partial charge in [0.1, 0.15) is 5.03 Å². The van der Waals surface area contributed by atoms with Crippen molar-refractivity contribution in [2.75, 3.05) is 32.7 Å². The smallest absolute Gasteiger partial charge is 0.290 e. The van der Waals surface area contributed by atoms with E-state index in [0.717, 1.165) is 44.8 Å². The van der Waals surface area contributed by atoms with Crippen molar-refractivity contribution in [2.24, 2.45) is 0 Å². The van der Waals surface area contributed by atoms with E-state index in [1.807, 2.05) is 18.2 Å². The third kappa shape index (κ3) is 6.22. The van der Waals surface area contributed by atoms with Crippen LogP contribution in [0.15, 0.2) is 47.6 Å². The average molecular weight is 421 g/mol. The molecular weight excluding hydrogens is 394 g/mol. The second kappa shape index (κ2) is 10.7. The summed E-state index contributed by atoms with van der Waals surface area (Å²) in [7, 11) is 0. The quantitative estimate of drug-likeness (QED) is 0.663. The summed E-state index contributed by atoms with van der Waals surface area (Å²) in [5, 5.41) is 2.90. The van der Waals surface area contributed by atoms with Crippen molar-refractivity contribution in [1.29, 1.82) is 0 Å². The highest BCUT2D eigenvalue weighted by molar-refractivity contribution is 7.99. The van der Waals surface area contributed by atoms with Crippen molar-refractivity contribution in [3.8, 4) is 0 Å². The second-order valence-electron chi connectivity index (χ2n) is 6.90. The number of nitrogens with one attached hydrogen (secondary N) is 1. The third-order valence-electron chi connectivity index (χ3n) is 5.08. The Morgan fingerprint density at radius 2 is 1.79 bits per heavy atom. The maximum absolute atomic E-state index is 12.7. The molecule has 1 saturated heterocycles. The van der Waals surface area contributed by atoms with Crippen LogP contribution < -0.4 is 5.32 Å². The summed E-state index contributed by atoms with van der Waals surface area (Å²) in [5.74, 6) is -3.02. The van der Waals surface area contributed by atoms with E-state index in [2.05, 4.69) is 33.1 Å². The first-order valence-corrected chi connectivity index (χ1v) is 10.6. The Balaban J connectivity index is 1.62. The molecule has 0 radical (unpaired) electrons. The number of thioether (sulfide) groups is 1. The highest BCUT2D eigenvalue weighted by Crippen LogP contribution is 2.26. The first-order chi connectivity index (χ1) is 14.1. The van der Waals surface area contributed by atoms with Crippen molar-refractivity contribution in [1.82, 2.24) is 20.1 Å². The monoisotopic (exact) mass is 420 g/mol. The van der Waals surface area contributed by atoms with Crippen LogP contribution in [-0.4, -0.2) is 59.2 Å². The van der Waals surface area contributed by atoms with E-state index in [-0.39, 0.29) is 22.4 Å². The normalized spacial score (nSPS) is 15.6. The van der Waals surface area contributed by atoms with E-state index in [0.29, 0.717) is 6.54 Å². The first-order valence-electron chi connectivity index (χ1n) is 9.76. The maximum atomic E-state index is 12.7. The lowest BCUT2D eigenvalue weighted by Gasteiger charge is -2.34. The fraction of sp³-hybridized carbons (Fsp3) is 0.429. The summed E-state index contributed by atoms with van der Waals surface area (Å²) in [4.78, 5) is 21.3. The van der Waals surface area contributed by atoms with E-state index >= 15 is 0 Å². The highest BCUT2D eigenvalue weighted by Gasteiger charge is 2.18. The zero-order chi connectivity index (χ0) is 20.6. The number of nitrogens with zero attached hydrogens (tertiary/aromatic N) is 3. The molecule has 1 aliphatic rings. The zero-order valence-corrected chi connectivity index (χ0v) is 17.3. The number of pyridine rings is 1. The molecule has 8 heteroatoms. The Bertz CT molecular complexity index is 813. The number of amides is 1. The zero-order valence-electron chi connectivity index (χ0n) is 16.5. The van der Waals surface area contributed by atoms with Crippen LogP contribution >= 0.6 is 11.8 Å². The SMILES string of the molecule is CCN1CCN(Cc2ccccc2CNC(=O)c2cccnc2SC(F)F)CC1. The molecule has 1 fully saturated rings. The Hall–Kier alpha value is -2.03. The Kier molecular flexibility index (Phi) is 7.97. The van der Waals surface area contributed by atoms with Gasteiger partial charge in [-0.2, -0.15) is 8.78 Å². The minimum Gasteiger partial charge on any atom is -0.348 e. The van der Waals surface area contributed by atoms with Gasteiger partial charge in [0, 0.05) is 45.5 Å². The first kappa shape index (κ1) is 21.7. The van der Waals surface area contributed by atoms with Crippen molar-refractivity contribution in [2.45, 2.75) is 30.8 Å². The summed E-state index contributed by atoms with van der Waals surface area (Å²) in [6.45, 7) is 8.64. The Morgan fingerprint density at radius 3 is 2.48 bits per heavy atom. The number of benzene rings is 1. The van der Waals surface area contributed by atoms with Gasteiger partial charge in [0.15, 0.2) is 0 Å². The Morgan fingerprint density at radius 1 is 1.10 bits per heavy atom. The average Bonchev–Trinajstić information content (AvgIpc) is 2.73. The maximum Gasteiger partial charge on any atom is 0.290 e. The van der Waals surface area contributed by atoms with Gasteiger partial charge in [-0.15, -0.1) is 0 Å². The molecule has 1 aromatic carbocycles. The second-order valence-corrected chi connectivity index (χ2v) is 7.88. The van der Waals surface area contributed by atoms with Crippen LogP contribution in [0, 0.1) is 0 Å². The van der Waals surface area contributed by atoms with Gasteiger partial charge in [0.25, 0.3) is 11.7 Å². The lowest BCUT2D eigenvalue weighted by molar-refractivity contribution is 0.0947. The predicted molar refractivity (Wildman–Crippen MR) is 111 cm³/mol. The molecular formula is C21H26F2N4OS. The van der Waals surface area contributed by atoms with Crippen LogP contribution in [0.25, 0.3) is 0 Å². The van der Waals surface area contributed by atoms with Gasteiger partial charge >= 0.3 is 0 Å². The van der Waals surface area contributed by atoms with Crippen molar-refractivity contribution in [3.05, 3.63) is 59.3 Å². The van der Waals surface area contributed by atoms with E-state index in [4.69, 9.17) is 0 Å². The van der Waals surface area contributed by atoms with Gasteiger partial charge in [-0.05, 0) is 41.6 Å². The van der Waals surface area contributed by atoms with E-state index in [1.54, 1.807) is 6.07 Å². The number of piperazine rings is 1. The molecule has 1 aromatic heterocycles. The largest absolute Gasteiger partial charge is 0.348 e. The number of rotatable bonds is 8. The summed E-state index contributed by atoms with van der Waals surface area (Å²) in [6.07, 6.45) is 1.41. The van der Waals surface area contributed by atoms with E-state index in [1.165, 1.54) is 17.8 Å². The van der Waals surface area contributed by atoms with Gasteiger partial charge in [-0.3, -0.25) is 9.69 Å². The standard InChI is InChI=1S/C21H26F2N4OS/c1-2-26-10-12-27(13-11-26)15-17-7-4-3-6-16(17)14-25-19(28)18-8-5-9-24-20(18)29-21(22)23/h3-9,21H,2,10-15H2,1H3,(H,25,28). The molecule has 3 rings (SSSR count). The molecule has 0 atom stereocenters. The number of aromatic nitrogens is 1. The molecule has 0 bridgehead atoms. The number of likely N-dealkylation sites (N-methyl/N-ethyl adjacent to an activating group) is 1. The van der Waals surface area contributed by atoms with Crippen LogP contribution in [0.3, 0.4) is 0 Å². The molecule has 2 aromatic rings. The molecule has 156 valence electrons. The van der Waals surface area contributed by atoms with Crippen LogP contribution in [0.1, 0.15) is 28.4 Å². The van der Waals surface area contributed by atoms with E-state index < -0.39 is 11.7 Å². The summed E-state index contributed by atoms with van der Waals surface area (Å²) >= 11 is 0.288. The van der Waals surface area contributed by atoms with Crippen LogP contribution in [0.5, 0.6) is 0 Å². The van der Waals surface area contributed by atoms with Crippen molar-refractivity contribution in [3.63, 3.8) is 0 Å². The van der Waals surface area contributed by atoms with Gasteiger partial charge < -0.3 is 10.2 Å². The van der Waals surface area contributed by atoms with Gasteiger partial charge in [0.2, 0.25) is 0 Å². The van der Waals surface area contributed by atoms with Crippen LogP contribution in [0.4, 0.5) is 8.78 Å². The predicted octanol–water partition coefficient (Wildman–Crippen LogP) is 3.46. The molecule has 1 N–H and O–H groups in total. The fourth-order valence-corrected chi connectivity index (χ4v) is 3.98. The number of carbonyl (C=O) groups excluding carboxylic acids is 1. The van der Waals surface area contributed by atoms with Crippen molar-refractivity contribution >= 4 is 17.7 Å². The third-order valence-corrected chi connectivity index (χ3v) is 5.81. The number of hydrogen-bond donors (Lipinski definition) is 1. The topological polar surface area (TPSA) is 48.5 Å². The Labute approximate surface area is 174 Å². The fourth-order valence-electron chi connectivity index (χ4n) is 3.40. The van der Waals surface area contributed by atoms with Gasteiger partial charge in [-0.25, -0.2) is 4.98 Å². The molecule has 5 nitrogen and oxygen atoms in total. The molecule has 0 aliphatic carbocycles. The number of halogens is 2. The molecule has 0 unspecified atom stereocenters. The minimum absolute atomic E-state index is 0.0436. The van der Waals surface area contributed by atoms with E-state index in [9.17, 15) is 13.6 Å². The minimum atomic E-state index is -2.62. The summed E-state index contributed by atoms with van der Waals surface area (Å²) < 4.78 is 25.4. The molecule has 1 amide bonds.